The summed E-state index contributed by atoms with van der Waals surface area (Å²) in [4.78, 5) is 0. The molecule has 1 heteroatoms. The van der Waals surface area contributed by atoms with Crippen molar-refractivity contribution < 1.29 is 0 Å². The fourth-order valence-electron chi connectivity index (χ4n) is 1.40. The Kier molecular flexibility index (Phi) is 3.33. The van der Waals surface area contributed by atoms with E-state index in [1.807, 2.05) is 0 Å². The summed E-state index contributed by atoms with van der Waals surface area (Å²) in [7, 11) is 0. The van der Waals surface area contributed by atoms with E-state index < -0.39 is 0 Å². The molecular weight excluding hydrogens is 170 g/mol. The van der Waals surface area contributed by atoms with Gasteiger partial charge in [-0.05, 0) is 24.3 Å². The van der Waals surface area contributed by atoms with Crippen LogP contribution >= 0.6 is 0 Å². The van der Waals surface area contributed by atoms with Crippen molar-refractivity contribution in [1.29, 1.82) is 0 Å². The summed E-state index contributed by atoms with van der Waals surface area (Å²) < 4.78 is 0. The van der Waals surface area contributed by atoms with Crippen LogP contribution in [0, 0.1) is 12.3 Å². The van der Waals surface area contributed by atoms with Gasteiger partial charge in [0.25, 0.3) is 0 Å². The number of benzene rings is 1. The zero-order chi connectivity index (χ0) is 10.8. The normalized spacial score (nSPS) is 14.1. The molecule has 0 heterocycles. The average Bonchev–Trinajstić information content (AvgIpc) is 2.02. The summed E-state index contributed by atoms with van der Waals surface area (Å²) in [6.07, 6.45) is 0.963. The minimum absolute atomic E-state index is 0.184. The summed E-state index contributed by atoms with van der Waals surface area (Å²) in [6, 6.07) is 8.81. The predicted molar refractivity (Wildman–Crippen MR) is 62.3 cm³/mol. The molecule has 0 spiro atoms. The lowest BCUT2D eigenvalue weighted by Gasteiger charge is -2.27. The van der Waals surface area contributed by atoms with Gasteiger partial charge in [0.15, 0.2) is 0 Å². The molecule has 0 aliphatic rings. The fraction of sp³-hybridized carbons (Fsp3) is 0.538. The number of aryl methyl sites for hydroxylation is 1. The van der Waals surface area contributed by atoms with Crippen LogP contribution in [0.4, 0.5) is 0 Å². The zero-order valence-corrected chi connectivity index (χ0v) is 9.67. The van der Waals surface area contributed by atoms with Crippen molar-refractivity contribution >= 4 is 0 Å². The summed E-state index contributed by atoms with van der Waals surface area (Å²) in [5, 5.41) is 0. The summed E-state index contributed by atoms with van der Waals surface area (Å²) >= 11 is 0. The van der Waals surface area contributed by atoms with Gasteiger partial charge in [0.2, 0.25) is 0 Å². The summed E-state index contributed by atoms with van der Waals surface area (Å²) in [5.74, 6) is 0. The Morgan fingerprint density at radius 2 is 1.93 bits per heavy atom. The van der Waals surface area contributed by atoms with E-state index in [0.29, 0.717) is 0 Å². The van der Waals surface area contributed by atoms with Crippen molar-refractivity contribution in [2.45, 2.75) is 40.2 Å². The molecule has 0 aliphatic carbocycles. The van der Waals surface area contributed by atoms with Crippen LogP contribution in [-0.2, 0) is 6.42 Å². The molecular formula is C13H21N. The first kappa shape index (κ1) is 11.3. The van der Waals surface area contributed by atoms with Crippen molar-refractivity contribution in [1.82, 2.24) is 0 Å². The van der Waals surface area contributed by atoms with Gasteiger partial charge in [0, 0.05) is 6.04 Å². The average molecular weight is 191 g/mol. The van der Waals surface area contributed by atoms with E-state index in [1.165, 1.54) is 11.1 Å². The number of nitrogens with two attached hydrogens (primary N) is 1. The third kappa shape index (κ3) is 3.15. The molecule has 0 radical (unpaired) electrons. The fourth-order valence-corrected chi connectivity index (χ4v) is 1.40. The molecule has 0 bridgehead atoms. The van der Waals surface area contributed by atoms with Gasteiger partial charge in [-0.1, -0.05) is 50.6 Å². The summed E-state index contributed by atoms with van der Waals surface area (Å²) in [5.41, 5.74) is 8.97. The first-order valence-electron chi connectivity index (χ1n) is 5.21. The molecule has 1 aromatic rings. The van der Waals surface area contributed by atoms with Gasteiger partial charge in [-0.2, -0.15) is 0 Å². The maximum Gasteiger partial charge on any atom is 0.0128 e. The van der Waals surface area contributed by atoms with Crippen LogP contribution in [0.3, 0.4) is 0 Å². The minimum atomic E-state index is 0.184. The maximum absolute atomic E-state index is 6.13. The largest absolute Gasteiger partial charge is 0.327 e. The molecule has 1 atom stereocenters. The molecule has 1 unspecified atom stereocenters. The lowest BCUT2D eigenvalue weighted by Crippen LogP contribution is -2.36. The third-order valence-corrected chi connectivity index (χ3v) is 2.65. The minimum Gasteiger partial charge on any atom is -0.327 e. The van der Waals surface area contributed by atoms with Crippen LogP contribution < -0.4 is 5.73 Å². The van der Waals surface area contributed by atoms with Crippen LogP contribution in [0.1, 0.15) is 31.9 Å². The molecule has 1 aromatic carbocycles. The van der Waals surface area contributed by atoms with E-state index in [4.69, 9.17) is 5.73 Å². The van der Waals surface area contributed by atoms with E-state index in [-0.39, 0.29) is 11.5 Å². The molecule has 0 amide bonds. The van der Waals surface area contributed by atoms with Crippen molar-refractivity contribution in [3.05, 3.63) is 35.4 Å². The SMILES string of the molecule is Cc1cccc(CC(N)C(C)(C)C)c1. The molecule has 0 aliphatic heterocycles. The van der Waals surface area contributed by atoms with Gasteiger partial charge >= 0.3 is 0 Å². The van der Waals surface area contributed by atoms with E-state index in [0.717, 1.165) is 6.42 Å². The van der Waals surface area contributed by atoms with E-state index in [1.54, 1.807) is 0 Å². The Morgan fingerprint density at radius 3 is 2.43 bits per heavy atom. The second-order valence-electron chi connectivity index (χ2n) is 5.17. The van der Waals surface area contributed by atoms with Gasteiger partial charge in [0.1, 0.15) is 0 Å². The number of hydrogen-bond acceptors (Lipinski definition) is 1. The third-order valence-electron chi connectivity index (χ3n) is 2.65. The van der Waals surface area contributed by atoms with Crippen molar-refractivity contribution in [2.75, 3.05) is 0 Å². The van der Waals surface area contributed by atoms with Crippen molar-refractivity contribution in [3.8, 4) is 0 Å². The highest BCUT2D eigenvalue weighted by Gasteiger charge is 2.20. The van der Waals surface area contributed by atoms with Crippen LogP contribution in [0.5, 0.6) is 0 Å². The van der Waals surface area contributed by atoms with Gasteiger partial charge in [-0.15, -0.1) is 0 Å². The highest BCUT2D eigenvalue weighted by molar-refractivity contribution is 5.23. The molecule has 0 saturated heterocycles. The lowest BCUT2D eigenvalue weighted by molar-refractivity contribution is 0.318. The van der Waals surface area contributed by atoms with E-state index in [2.05, 4.69) is 52.0 Å². The Balaban J connectivity index is 2.70. The van der Waals surface area contributed by atoms with Gasteiger partial charge in [-0.25, -0.2) is 0 Å². The van der Waals surface area contributed by atoms with E-state index >= 15 is 0 Å². The first-order valence-corrected chi connectivity index (χ1v) is 5.21. The molecule has 2 N–H and O–H groups in total. The second kappa shape index (κ2) is 4.14. The smallest absolute Gasteiger partial charge is 0.0128 e. The molecule has 0 aromatic heterocycles. The highest BCUT2D eigenvalue weighted by atomic mass is 14.7. The summed E-state index contributed by atoms with van der Waals surface area (Å²) in [6.45, 7) is 8.68. The number of rotatable bonds is 2. The second-order valence-corrected chi connectivity index (χ2v) is 5.17. The molecule has 1 rings (SSSR count). The lowest BCUT2D eigenvalue weighted by atomic mass is 9.83. The number of hydrogen-bond donors (Lipinski definition) is 1. The van der Waals surface area contributed by atoms with Crippen LogP contribution in [0.15, 0.2) is 24.3 Å². The maximum atomic E-state index is 6.13. The molecule has 0 fully saturated rings. The molecule has 78 valence electrons. The Morgan fingerprint density at radius 1 is 1.29 bits per heavy atom. The Hall–Kier alpha value is -0.820. The quantitative estimate of drug-likeness (QED) is 0.764. The van der Waals surface area contributed by atoms with Crippen LogP contribution in [0.25, 0.3) is 0 Å². The first-order chi connectivity index (χ1) is 6.39. The van der Waals surface area contributed by atoms with Gasteiger partial charge in [0.05, 0.1) is 0 Å². The standard InChI is InChI=1S/C13H21N/c1-10-6-5-7-11(8-10)9-12(14)13(2,3)4/h5-8,12H,9,14H2,1-4H3. The predicted octanol–water partition coefficient (Wildman–Crippen LogP) is 2.91. The molecule has 14 heavy (non-hydrogen) atoms. The van der Waals surface area contributed by atoms with Crippen molar-refractivity contribution in [2.24, 2.45) is 11.1 Å². The topological polar surface area (TPSA) is 26.0 Å². The molecule has 1 nitrogen and oxygen atoms in total. The Bertz CT molecular complexity index is 296. The van der Waals surface area contributed by atoms with Crippen LogP contribution in [-0.4, -0.2) is 6.04 Å². The molecule has 0 saturated carbocycles. The Labute approximate surface area is 87.3 Å². The van der Waals surface area contributed by atoms with Gasteiger partial charge < -0.3 is 5.73 Å². The van der Waals surface area contributed by atoms with Gasteiger partial charge in [-0.3, -0.25) is 0 Å². The highest BCUT2D eigenvalue weighted by Crippen LogP contribution is 2.20. The zero-order valence-electron chi connectivity index (χ0n) is 9.67. The van der Waals surface area contributed by atoms with E-state index in [9.17, 15) is 0 Å². The monoisotopic (exact) mass is 191 g/mol. The van der Waals surface area contributed by atoms with Crippen molar-refractivity contribution in [3.63, 3.8) is 0 Å². The van der Waals surface area contributed by atoms with Crippen LogP contribution in [0.2, 0.25) is 0 Å².